The van der Waals surface area contributed by atoms with Gasteiger partial charge in [-0.15, -0.1) is 47.0 Å². The molecule has 4 aliphatic rings. The quantitative estimate of drug-likeness (QED) is 0.386. The maximum atomic E-state index is 2.35. The van der Waals surface area contributed by atoms with E-state index in [2.05, 4.69) is 60.9 Å². The number of thioether (sulfide) groups is 8. The van der Waals surface area contributed by atoms with Gasteiger partial charge in [0.25, 0.3) is 0 Å². The molecule has 2 saturated heterocycles. The Kier molecular flexibility index (Phi) is 5.57. The van der Waals surface area contributed by atoms with Gasteiger partial charge in [0.1, 0.15) is 0 Å². The summed E-state index contributed by atoms with van der Waals surface area (Å²) in [6.07, 6.45) is 1.36. The lowest BCUT2D eigenvalue weighted by Gasteiger charge is -2.15. The molecule has 0 nitrogen and oxygen atoms in total. The molecule has 4 aliphatic heterocycles. The van der Waals surface area contributed by atoms with Crippen molar-refractivity contribution in [2.75, 3.05) is 11.5 Å². The van der Waals surface area contributed by atoms with Crippen LogP contribution in [0.2, 0.25) is 0 Å². The summed E-state index contributed by atoms with van der Waals surface area (Å²) < 4.78 is 9.31. The van der Waals surface area contributed by atoms with Crippen molar-refractivity contribution in [3.63, 3.8) is 0 Å². The number of hydrogen-bond acceptors (Lipinski definition) is 8. The van der Waals surface area contributed by atoms with Gasteiger partial charge in [-0.3, -0.25) is 0 Å². The van der Waals surface area contributed by atoms with Gasteiger partial charge in [-0.1, -0.05) is 60.9 Å². The normalized spacial score (nSPS) is 33.4. The highest BCUT2D eigenvalue weighted by Crippen LogP contribution is 2.70. The first-order chi connectivity index (χ1) is 10.2. The predicted octanol–water partition coefficient (Wildman–Crippen LogP) is 7.45. The zero-order chi connectivity index (χ0) is 14.4. The molecule has 4 rings (SSSR count). The Morgan fingerprint density at radius 1 is 0.619 bits per heavy atom. The third kappa shape index (κ3) is 3.53. The molecule has 0 radical (unpaired) electrons. The molecule has 21 heavy (non-hydrogen) atoms. The van der Waals surface area contributed by atoms with Gasteiger partial charge in [0.05, 0.1) is 25.4 Å². The Hall–Kier alpha value is 2.02. The zero-order valence-corrected chi connectivity index (χ0v) is 18.1. The van der Waals surface area contributed by atoms with E-state index in [-0.39, 0.29) is 0 Å². The molecule has 0 aliphatic carbocycles. The van der Waals surface area contributed by atoms with Gasteiger partial charge in [0.15, 0.2) is 0 Å². The Morgan fingerprint density at radius 3 is 1.57 bits per heavy atom. The lowest BCUT2D eigenvalue weighted by atomic mass is 10.4. The van der Waals surface area contributed by atoms with Crippen LogP contribution in [0.5, 0.6) is 0 Å². The van der Waals surface area contributed by atoms with Crippen molar-refractivity contribution in [2.45, 2.75) is 30.8 Å². The van der Waals surface area contributed by atoms with Crippen molar-refractivity contribution in [1.82, 2.24) is 0 Å². The molecule has 2 fully saturated rings. The SMILES string of the molecule is CC1SC(=C2SC3=C(SC(=C4SCCCS4)S3)S2)SC1C. The van der Waals surface area contributed by atoms with Crippen LogP contribution >= 0.6 is 94.1 Å². The minimum absolute atomic E-state index is 0.752. The third-order valence-corrected chi connectivity index (χ3v) is 15.7. The number of hydrogen-bond donors (Lipinski definition) is 0. The topological polar surface area (TPSA) is 0 Å². The van der Waals surface area contributed by atoms with Crippen LogP contribution in [0.4, 0.5) is 0 Å². The van der Waals surface area contributed by atoms with Crippen molar-refractivity contribution in [3.05, 3.63) is 25.4 Å². The van der Waals surface area contributed by atoms with Gasteiger partial charge in [0, 0.05) is 10.5 Å². The van der Waals surface area contributed by atoms with E-state index >= 15 is 0 Å². The molecule has 2 unspecified atom stereocenters. The van der Waals surface area contributed by atoms with E-state index in [4.69, 9.17) is 0 Å². The van der Waals surface area contributed by atoms with E-state index in [0.717, 1.165) is 10.5 Å². The molecule has 0 aromatic heterocycles. The molecule has 0 saturated carbocycles. The van der Waals surface area contributed by atoms with Crippen LogP contribution < -0.4 is 0 Å². The van der Waals surface area contributed by atoms with Crippen LogP contribution in [0.1, 0.15) is 20.3 Å². The highest BCUT2D eigenvalue weighted by molar-refractivity contribution is 8.49. The minimum Gasteiger partial charge on any atom is -0.118 e. The van der Waals surface area contributed by atoms with Crippen LogP contribution in [0.25, 0.3) is 0 Å². The Labute approximate surface area is 160 Å². The first-order valence-corrected chi connectivity index (χ1v) is 13.7. The molecule has 0 aromatic carbocycles. The molecular weight excluding hydrogens is 413 g/mol. The molecule has 114 valence electrons. The van der Waals surface area contributed by atoms with Gasteiger partial charge in [-0.25, -0.2) is 0 Å². The molecule has 0 amide bonds. The average Bonchev–Trinajstić information content (AvgIpc) is 3.13. The summed E-state index contributed by atoms with van der Waals surface area (Å²) in [6, 6.07) is 0. The van der Waals surface area contributed by atoms with Gasteiger partial charge < -0.3 is 0 Å². The fourth-order valence-electron chi connectivity index (χ4n) is 1.95. The highest BCUT2D eigenvalue weighted by Gasteiger charge is 2.36. The molecule has 0 spiro atoms. The van der Waals surface area contributed by atoms with E-state index < -0.39 is 0 Å². The summed E-state index contributed by atoms with van der Waals surface area (Å²) in [5.41, 5.74) is 0. The van der Waals surface area contributed by atoms with Crippen LogP contribution in [-0.2, 0) is 0 Å². The first kappa shape index (κ1) is 16.5. The van der Waals surface area contributed by atoms with E-state index in [1.807, 2.05) is 47.0 Å². The fourth-order valence-corrected chi connectivity index (χ4v) is 14.8. The third-order valence-electron chi connectivity index (χ3n) is 3.24. The molecule has 2 atom stereocenters. The second-order valence-corrected chi connectivity index (χ2v) is 15.4. The maximum absolute atomic E-state index is 2.35. The summed E-state index contributed by atoms with van der Waals surface area (Å²) in [5.74, 6) is 2.60. The van der Waals surface area contributed by atoms with Crippen molar-refractivity contribution >= 4 is 94.1 Å². The lowest BCUT2D eigenvalue weighted by molar-refractivity contribution is 0.941. The van der Waals surface area contributed by atoms with Crippen molar-refractivity contribution < 1.29 is 0 Å². The van der Waals surface area contributed by atoms with Gasteiger partial charge in [0.2, 0.25) is 0 Å². The Morgan fingerprint density at radius 2 is 1.05 bits per heavy atom. The highest BCUT2D eigenvalue weighted by atomic mass is 32.3. The van der Waals surface area contributed by atoms with Crippen LogP contribution in [0.3, 0.4) is 0 Å². The molecule has 0 N–H and O–H groups in total. The molecular formula is C13H14S8. The predicted molar refractivity (Wildman–Crippen MR) is 115 cm³/mol. The number of rotatable bonds is 0. The van der Waals surface area contributed by atoms with E-state index in [1.54, 1.807) is 16.9 Å². The minimum atomic E-state index is 0.752. The lowest BCUT2D eigenvalue weighted by Crippen LogP contribution is -2.04. The summed E-state index contributed by atoms with van der Waals surface area (Å²) >= 11 is 16.4. The fraction of sp³-hybridized carbons (Fsp3) is 0.538. The van der Waals surface area contributed by atoms with Crippen molar-refractivity contribution in [1.29, 1.82) is 0 Å². The van der Waals surface area contributed by atoms with Gasteiger partial charge in [-0.05, 0) is 17.9 Å². The first-order valence-electron chi connectivity index (χ1n) is 6.74. The summed E-state index contributed by atoms with van der Waals surface area (Å²) in [7, 11) is 0. The van der Waals surface area contributed by atoms with Crippen molar-refractivity contribution in [3.8, 4) is 0 Å². The summed E-state index contributed by atoms with van der Waals surface area (Å²) in [5, 5.41) is 1.50. The Balaban J connectivity index is 1.46. The molecule has 8 heteroatoms. The average molecular weight is 427 g/mol. The largest absolute Gasteiger partial charge is 0.118 e. The maximum Gasteiger partial charge on any atom is 0.0718 e. The van der Waals surface area contributed by atoms with E-state index in [0.29, 0.717) is 0 Å². The second kappa shape index (κ2) is 7.10. The van der Waals surface area contributed by atoms with Crippen LogP contribution in [0.15, 0.2) is 25.4 Å². The Bertz CT molecular complexity index is 519. The standard InChI is InChI=1S/C13H14S8/c1-6-7(2)17-10(16-6)11-20-12-13(21-11)19-9(18-12)8-14-4-3-5-15-8/h6-7H,3-5H2,1-2H3. The summed E-state index contributed by atoms with van der Waals surface area (Å²) in [4.78, 5) is 0. The molecule has 0 bridgehead atoms. The second-order valence-electron chi connectivity index (χ2n) is 4.83. The van der Waals surface area contributed by atoms with Crippen LogP contribution in [-0.4, -0.2) is 22.0 Å². The van der Waals surface area contributed by atoms with E-state index in [1.165, 1.54) is 26.4 Å². The van der Waals surface area contributed by atoms with Crippen LogP contribution in [0, 0.1) is 0 Å². The van der Waals surface area contributed by atoms with E-state index in [9.17, 15) is 0 Å². The monoisotopic (exact) mass is 426 g/mol. The van der Waals surface area contributed by atoms with Crippen molar-refractivity contribution in [2.24, 2.45) is 0 Å². The molecule has 4 heterocycles. The zero-order valence-electron chi connectivity index (χ0n) is 11.5. The molecule has 0 aromatic rings. The van der Waals surface area contributed by atoms with Gasteiger partial charge >= 0.3 is 0 Å². The summed E-state index contributed by atoms with van der Waals surface area (Å²) in [6.45, 7) is 4.70. The van der Waals surface area contributed by atoms with Gasteiger partial charge in [-0.2, -0.15) is 0 Å². The smallest absolute Gasteiger partial charge is 0.0718 e.